The normalized spacial score (nSPS) is 10.7. The van der Waals surface area contributed by atoms with Crippen LogP contribution in [0.3, 0.4) is 0 Å². The van der Waals surface area contributed by atoms with Crippen LogP contribution in [0.15, 0.2) is 30.3 Å². The second-order valence-electron chi connectivity index (χ2n) is 5.75. The van der Waals surface area contributed by atoms with Crippen molar-refractivity contribution in [1.29, 1.82) is 0 Å². The molecule has 27 heavy (non-hydrogen) atoms. The van der Waals surface area contributed by atoms with E-state index in [0.29, 0.717) is 41.1 Å². The Hall–Kier alpha value is -2.21. The number of hydrogen-bond donors (Lipinski definition) is 0. The second-order valence-corrected chi connectivity index (χ2v) is 6.99. The highest BCUT2D eigenvalue weighted by Gasteiger charge is 2.27. The van der Waals surface area contributed by atoms with E-state index in [9.17, 15) is 14.0 Å². The number of pyridine rings is 1. The smallest absolute Gasteiger partial charge is 0.340 e. The highest BCUT2D eigenvalue weighted by atomic mass is 32.2. The van der Waals surface area contributed by atoms with Crippen LogP contribution in [0, 0.1) is 0 Å². The molecule has 144 valence electrons. The third-order valence-corrected chi connectivity index (χ3v) is 4.86. The summed E-state index contributed by atoms with van der Waals surface area (Å²) >= 11 is 1.19. The first kappa shape index (κ1) is 21.1. The van der Waals surface area contributed by atoms with E-state index in [4.69, 9.17) is 4.74 Å². The molecule has 0 unspecified atom stereocenters. The van der Waals surface area contributed by atoms with Gasteiger partial charge in [-0.25, -0.2) is 9.18 Å². The minimum absolute atomic E-state index is 0.0992. The maximum atomic E-state index is 12.8. The molecule has 0 atom stereocenters. The number of benzene rings is 1. The first-order valence-corrected chi connectivity index (χ1v) is 10.1. The lowest BCUT2D eigenvalue weighted by Crippen LogP contribution is -2.18. The molecular weight excluding hydrogens is 365 g/mol. The molecule has 1 heterocycles. The van der Waals surface area contributed by atoms with Crippen molar-refractivity contribution in [3.8, 4) is 11.3 Å². The predicted octanol–water partition coefficient (Wildman–Crippen LogP) is 4.89. The van der Waals surface area contributed by atoms with Crippen molar-refractivity contribution in [1.82, 2.24) is 4.98 Å². The molecule has 0 aliphatic heterocycles. The van der Waals surface area contributed by atoms with E-state index in [0.717, 1.165) is 5.56 Å². The van der Waals surface area contributed by atoms with E-state index < -0.39 is 12.6 Å². The van der Waals surface area contributed by atoms with Crippen LogP contribution in [0.25, 0.3) is 11.3 Å². The van der Waals surface area contributed by atoms with Crippen LogP contribution in [0.5, 0.6) is 0 Å². The molecule has 2 rings (SSSR count). The summed E-state index contributed by atoms with van der Waals surface area (Å²) in [6.45, 7) is 4.65. The molecule has 0 amide bonds. The Bertz CT molecular complexity index is 809. The lowest BCUT2D eigenvalue weighted by molar-refractivity contribution is 0.0480. The van der Waals surface area contributed by atoms with Crippen LogP contribution in [0.4, 0.5) is 4.39 Å². The topological polar surface area (TPSA) is 56.3 Å². The zero-order valence-electron chi connectivity index (χ0n) is 15.9. The first-order chi connectivity index (χ1) is 13.1. The minimum atomic E-state index is -0.758. The van der Waals surface area contributed by atoms with E-state index in [2.05, 4.69) is 4.98 Å². The minimum Gasteiger partial charge on any atom is -0.459 e. The number of carbonyl (C=O) groups is 2. The Balaban J connectivity index is 2.79. The van der Waals surface area contributed by atoms with Crippen LogP contribution in [0.1, 0.15) is 52.7 Å². The van der Waals surface area contributed by atoms with Gasteiger partial charge in [-0.05, 0) is 24.2 Å². The third-order valence-electron chi connectivity index (χ3n) is 4.11. The van der Waals surface area contributed by atoms with Gasteiger partial charge in [0.25, 0.3) is 0 Å². The SMILES string of the molecule is CCSC(=O)c1c(CC)nc(-c2ccccc2)c(C(=O)OCCF)c1CC. The predicted molar refractivity (Wildman–Crippen MR) is 107 cm³/mol. The van der Waals surface area contributed by atoms with Gasteiger partial charge in [-0.15, -0.1) is 0 Å². The zero-order chi connectivity index (χ0) is 19.8. The fraction of sp³-hybridized carbons (Fsp3) is 0.381. The van der Waals surface area contributed by atoms with Crippen LogP contribution >= 0.6 is 11.8 Å². The first-order valence-electron chi connectivity index (χ1n) is 9.10. The molecule has 2 aromatic rings. The lowest BCUT2D eigenvalue weighted by Gasteiger charge is -2.19. The molecule has 0 fully saturated rings. The highest BCUT2D eigenvalue weighted by Crippen LogP contribution is 2.32. The van der Waals surface area contributed by atoms with Crippen LogP contribution < -0.4 is 0 Å². The van der Waals surface area contributed by atoms with Crippen molar-refractivity contribution >= 4 is 22.8 Å². The zero-order valence-corrected chi connectivity index (χ0v) is 16.7. The van der Waals surface area contributed by atoms with Gasteiger partial charge in [-0.3, -0.25) is 9.78 Å². The van der Waals surface area contributed by atoms with Crippen molar-refractivity contribution in [2.24, 2.45) is 0 Å². The van der Waals surface area contributed by atoms with Gasteiger partial charge >= 0.3 is 5.97 Å². The van der Waals surface area contributed by atoms with Gasteiger partial charge in [0.2, 0.25) is 5.12 Å². The number of alkyl halides is 1. The number of hydrogen-bond acceptors (Lipinski definition) is 5. The molecule has 1 aromatic carbocycles. The van der Waals surface area contributed by atoms with E-state index in [1.807, 2.05) is 51.1 Å². The van der Waals surface area contributed by atoms with Gasteiger partial charge in [0.1, 0.15) is 13.3 Å². The maximum Gasteiger partial charge on any atom is 0.340 e. The molecule has 4 nitrogen and oxygen atoms in total. The summed E-state index contributed by atoms with van der Waals surface area (Å²) in [4.78, 5) is 30.2. The highest BCUT2D eigenvalue weighted by molar-refractivity contribution is 8.14. The van der Waals surface area contributed by atoms with Gasteiger partial charge in [0.05, 0.1) is 22.5 Å². The Kier molecular flexibility index (Phi) is 7.98. The van der Waals surface area contributed by atoms with Gasteiger partial charge in [0.15, 0.2) is 0 Å². The summed E-state index contributed by atoms with van der Waals surface area (Å²) in [5.41, 5.74) is 3.27. The molecule has 0 spiro atoms. The van der Waals surface area contributed by atoms with Gasteiger partial charge < -0.3 is 4.74 Å². The molecule has 0 aliphatic rings. The summed E-state index contributed by atoms with van der Waals surface area (Å²) in [5, 5.41) is -0.0992. The summed E-state index contributed by atoms with van der Waals surface area (Å²) in [7, 11) is 0. The molecule has 0 saturated carbocycles. The average Bonchev–Trinajstić information content (AvgIpc) is 2.70. The lowest BCUT2D eigenvalue weighted by atomic mass is 9.93. The fourth-order valence-corrected chi connectivity index (χ4v) is 3.62. The average molecular weight is 389 g/mol. The second kappa shape index (κ2) is 10.2. The summed E-state index contributed by atoms with van der Waals surface area (Å²) in [5.74, 6) is -0.0122. The van der Waals surface area contributed by atoms with Crippen LogP contribution in [-0.2, 0) is 17.6 Å². The molecule has 6 heteroatoms. The van der Waals surface area contributed by atoms with Crippen molar-refractivity contribution < 1.29 is 18.7 Å². The summed E-state index contributed by atoms with van der Waals surface area (Å²) in [6.07, 6.45) is 1.04. The third kappa shape index (κ3) is 4.75. The van der Waals surface area contributed by atoms with E-state index in [1.54, 1.807) is 0 Å². The van der Waals surface area contributed by atoms with Crippen molar-refractivity contribution in [2.45, 2.75) is 33.6 Å². The quantitative estimate of drug-likeness (QED) is 0.602. The monoisotopic (exact) mass is 389 g/mol. The Labute approximate surface area is 163 Å². The fourth-order valence-electron chi connectivity index (χ4n) is 2.97. The number of carbonyl (C=O) groups excluding carboxylic acids is 2. The van der Waals surface area contributed by atoms with Crippen molar-refractivity contribution in [3.63, 3.8) is 0 Å². The van der Waals surface area contributed by atoms with Gasteiger partial charge in [0, 0.05) is 5.56 Å². The van der Waals surface area contributed by atoms with Crippen LogP contribution in [0.2, 0.25) is 0 Å². The number of esters is 1. The Morgan fingerprint density at radius 2 is 1.78 bits per heavy atom. The standard InChI is InChI=1S/C21H24FNO3S/c1-4-15-17(21(25)27-6-3)16(5-2)23-19(14-10-8-7-9-11-14)18(15)20(24)26-13-12-22/h7-11H,4-6,12-13H2,1-3H3. The molecule has 0 saturated heterocycles. The Morgan fingerprint density at radius 3 is 2.33 bits per heavy atom. The summed E-state index contributed by atoms with van der Waals surface area (Å²) < 4.78 is 17.6. The summed E-state index contributed by atoms with van der Waals surface area (Å²) in [6, 6.07) is 9.31. The number of aryl methyl sites for hydroxylation is 1. The molecular formula is C21H24FNO3S. The van der Waals surface area contributed by atoms with E-state index in [-0.39, 0.29) is 17.3 Å². The van der Waals surface area contributed by atoms with Crippen LogP contribution in [-0.4, -0.2) is 35.1 Å². The van der Waals surface area contributed by atoms with Gasteiger partial charge in [-0.1, -0.05) is 62.9 Å². The molecule has 0 radical (unpaired) electrons. The molecule has 1 aromatic heterocycles. The molecule has 0 N–H and O–H groups in total. The number of aromatic nitrogens is 1. The number of nitrogens with zero attached hydrogens (tertiary/aromatic N) is 1. The molecule has 0 aliphatic carbocycles. The van der Waals surface area contributed by atoms with Crippen molar-refractivity contribution in [2.75, 3.05) is 19.0 Å². The Morgan fingerprint density at radius 1 is 1.07 bits per heavy atom. The van der Waals surface area contributed by atoms with E-state index in [1.165, 1.54) is 11.8 Å². The van der Waals surface area contributed by atoms with E-state index >= 15 is 0 Å². The van der Waals surface area contributed by atoms with Crippen molar-refractivity contribution in [3.05, 3.63) is 52.7 Å². The maximum absolute atomic E-state index is 12.8. The number of thioether (sulfide) groups is 1. The number of rotatable bonds is 8. The molecule has 0 bridgehead atoms. The number of ether oxygens (including phenoxy) is 1. The largest absolute Gasteiger partial charge is 0.459 e. The van der Waals surface area contributed by atoms with Gasteiger partial charge in [-0.2, -0.15) is 0 Å². The number of halogens is 1.